The minimum Gasteiger partial charge on any atom is -0.475 e. The molecule has 3 heterocycles. The molecule has 0 unspecified atom stereocenters. The fraction of sp³-hybridized carbons (Fsp3) is 0.125. The van der Waals surface area contributed by atoms with Crippen LogP contribution in [0.1, 0.15) is 11.3 Å². The van der Waals surface area contributed by atoms with Crippen LogP contribution in [-0.2, 0) is 5.75 Å². The Morgan fingerprint density at radius 3 is 2.78 bits per heavy atom. The lowest BCUT2D eigenvalue weighted by Gasteiger charge is -2.12. The SMILES string of the molecule is [C-]#[N+]c1c(Cl)nc(SCc2csc(Nc3ccc(F)c(Cl)c3)n2)c(C#N)c1-c1ccc(OCCO)nc1. The minimum absolute atomic E-state index is 0.00510. The summed E-state index contributed by atoms with van der Waals surface area (Å²) in [5.41, 5.74) is 2.39. The number of nitriles is 1. The summed E-state index contributed by atoms with van der Waals surface area (Å²) in [5, 5.41) is 24.7. The molecule has 0 aliphatic carbocycles. The van der Waals surface area contributed by atoms with E-state index in [2.05, 4.69) is 31.2 Å². The third kappa shape index (κ3) is 6.28. The lowest BCUT2D eigenvalue weighted by molar-refractivity contribution is 0.196. The Morgan fingerprint density at radius 1 is 1.27 bits per heavy atom. The number of hydrogen-bond acceptors (Lipinski definition) is 9. The Labute approximate surface area is 229 Å². The molecule has 4 rings (SSSR count). The molecule has 4 aromatic rings. The average Bonchev–Trinajstić information content (AvgIpc) is 3.35. The van der Waals surface area contributed by atoms with Crippen LogP contribution >= 0.6 is 46.3 Å². The normalized spacial score (nSPS) is 10.5. The largest absolute Gasteiger partial charge is 0.475 e. The maximum atomic E-state index is 13.4. The Balaban J connectivity index is 1.57. The number of thioether (sulfide) groups is 1. The van der Waals surface area contributed by atoms with E-state index in [1.807, 2.05) is 5.38 Å². The first-order valence-electron chi connectivity index (χ1n) is 10.4. The van der Waals surface area contributed by atoms with Gasteiger partial charge in [0.2, 0.25) is 11.6 Å². The van der Waals surface area contributed by atoms with Gasteiger partial charge < -0.3 is 15.2 Å². The number of nitrogens with one attached hydrogen (secondary N) is 1. The average molecular weight is 573 g/mol. The highest BCUT2D eigenvalue weighted by atomic mass is 35.5. The van der Waals surface area contributed by atoms with Gasteiger partial charge in [0.1, 0.15) is 28.7 Å². The van der Waals surface area contributed by atoms with Crippen LogP contribution in [0, 0.1) is 23.7 Å². The fourth-order valence-electron chi connectivity index (χ4n) is 3.15. The Kier molecular flexibility index (Phi) is 8.77. The summed E-state index contributed by atoms with van der Waals surface area (Å²) in [5.74, 6) is 0.170. The molecule has 0 atom stereocenters. The molecule has 186 valence electrons. The van der Waals surface area contributed by atoms with Gasteiger partial charge in [-0.1, -0.05) is 35.0 Å². The Hall–Kier alpha value is -3.45. The van der Waals surface area contributed by atoms with Gasteiger partial charge in [-0.2, -0.15) is 5.26 Å². The highest BCUT2D eigenvalue weighted by Crippen LogP contribution is 2.42. The zero-order valence-electron chi connectivity index (χ0n) is 18.7. The van der Waals surface area contributed by atoms with E-state index in [1.54, 1.807) is 18.2 Å². The second-order valence-corrected chi connectivity index (χ2v) is 9.76. The molecule has 2 N–H and O–H groups in total. The van der Waals surface area contributed by atoms with Crippen molar-refractivity contribution in [1.29, 1.82) is 5.26 Å². The van der Waals surface area contributed by atoms with Gasteiger partial charge in [-0.25, -0.2) is 24.2 Å². The van der Waals surface area contributed by atoms with E-state index in [0.717, 1.165) is 5.69 Å². The summed E-state index contributed by atoms with van der Waals surface area (Å²) >= 11 is 14.8. The fourth-order valence-corrected chi connectivity index (χ4v) is 5.32. The van der Waals surface area contributed by atoms with Gasteiger partial charge in [-0.3, -0.25) is 0 Å². The molecular weight excluding hydrogens is 558 g/mol. The van der Waals surface area contributed by atoms with Crippen LogP contribution in [0.15, 0.2) is 46.9 Å². The van der Waals surface area contributed by atoms with E-state index >= 15 is 0 Å². The van der Waals surface area contributed by atoms with E-state index in [4.69, 9.17) is 39.6 Å². The minimum atomic E-state index is -0.506. The van der Waals surface area contributed by atoms with Gasteiger partial charge in [-0.15, -0.1) is 11.3 Å². The van der Waals surface area contributed by atoms with E-state index in [1.165, 1.54) is 41.4 Å². The molecule has 0 aliphatic rings. The van der Waals surface area contributed by atoms with Gasteiger partial charge in [0.05, 0.1) is 29.5 Å². The Bertz CT molecular complexity index is 1520. The molecule has 0 fully saturated rings. The highest BCUT2D eigenvalue weighted by Gasteiger charge is 2.22. The summed E-state index contributed by atoms with van der Waals surface area (Å²) < 4.78 is 18.7. The molecule has 1 aromatic carbocycles. The first-order valence-corrected chi connectivity index (χ1v) is 13.1. The van der Waals surface area contributed by atoms with E-state index in [-0.39, 0.29) is 34.6 Å². The van der Waals surface area contributed by atoms with Crippen molar-refractivity contribution in [2.75, 3.05) is 18.5 Å². The summed E-state index contributed by atoms with van der Waals surface area (Å²) in [7, 11) is 0. The van der Waals surface area contributed by atoms with Crippen LogP contribution in [0.4, 0.5) is 20.9 Å². The second kappa shape index (κ2) is 12.2. The first kappa shape index (κ1) is 26.6. The smallest absolute Gasteiger partial charge is 0.232 e. The molecule has 0 amide bonds. The number of hydrogen-bond donors (Lipinski definition) is 2. The van der Waals surface area contributed by atoms with Gasteiger partial charge in [-0.05, 0) is 29.8 Å². The van der Waals surface area contributed by atoms with Crippen LogP contribution in [0.25, 0.3) is 16.0 Å². The van der Waals surface area contributed by atoms with E-state index < -0.39 is 5.82 Å². The van der Waals surface area contributed by atoms with Crippen molar-refractivity contribution in [3.05, 3.63) is 80.6 Å². The van der Waals surface area contributed by atoms with Crippen LogP contribution in [0.2, 0.25) is 10.2 Å². The predicted octanol–water partition coefficient (Wildman–Crippen LogP) is 6.88. The molecule has 13 heteroatoms. The molecule has 37 heavy (non-hydrogen) atoms. The molecule has 0 saturated heterocycles. The predicted molar refractivity (Wildman–Crippen MR) is 142 cm³/mol. The molecule has 0 radical (unpaired) electrons. The highest BCUT2D eigenvalue weighted by molar-refractivity contribution is 7.98. The molecular formula is C24H15Cl2FN6O2S2. The molecule has 0 aliphatic heterocycles. The summed E-state index contributed by atoms with van der Waals surface area (Å²) in [6.07, 6.45) is 1.47. The monoisotopic (exact) mass is 572 g/mol. The maximum Gasteiger partial charge on any atom is 0.232 e. The molecule has 8 nitrogen and oxygen atoms in total. The van der Waals surface area contributed by atoms with Crippen molar-refractivity contribution in [2.24, 2.45) is 0 Å². The molecule has 0 saturated carbocycles. The van der Waals surface area contributed by atoms with Crippen molar-refractivity contribution in [3.63, 3.8) is 0 Å². The topological polar surface area (TPSA) is 108 Å². The van der Waals surface area contributed by atoms with Gasteiger partial charge in [0.15, 0.2) is 5.13 Å². The van der Waals surface area contributed by atoms with Crippen molar-refractivity contribution < 1.29 is 14.2 Å². The van der Waals surface area contributed by atoms with Crippen molar-refractivity contribution in [1.82, 2.24) is 15.0 Å². The Morgan fingerprint density at radius 2 is 2.11 bits per heavy atom. The number of thiazole rings is 1. The van der Waals surface area contributed by atoms with Gasteiger partial charge >= 0.3 is 0 Å². The number of pyridine rings is 2. The van der Waals surface area contributed by atoms with Crippen molar-refractivity contribution >= 4 is 62.8 Å². The number of aliphatic hydroxyl groups excluding tert-OH is 1. The summed E-state index contributed by atoms with van der Waals surface area (Å²) in [4.78, 5) is 16.5. The quantitative estimate of drug-likeness (QED) is 0.127. The van der Waals surface area contributed by atoms with Crippen LogP contribution < -0.4 is 10.1 Å². The van der Waals surface area contributed by atoms with Crippen LogP contribution in [-0.4, -0.2) is 33.3 Å². The van der Waals surface area contributed by atoms with E-state index in [9.17, 15) is 9.65 Å². The van der Waals surface area contributed by atoms with Crippen molar-refractivity contribution in [2.45, 2.75) is 10.8 Å². The standard InChI is InChI=1S/C24H15Cl2FN6O2S2/c1-29-21-20(13-2-5-19(30-10-13)35-7-6-34)16(9-28)23(33-22(21)26)36-11-15-12-37-24(32-15)31-14-3-4-18(27)17(25)8-14/h2-5,8,10,12,34H,6-7,11H2,(H,31,32). The number of benzene rings is 1. The van der Waals surface area contributed by atoms with Gasteiger partial charge in [0, 0.05) is 34.6 Å². The summed E-state index contributed by atoms with van der Waals surface area (Å²) in [6, 6.07) is 9.69. The number of anilines is 2. The molecule has 3 aromatic heterocycles. The second-order valence-electron chi connectivity index (χ2n) is 7.17. The number of aromatic nitrogens is 3. The first-order chi connectivity index (χ1) is 17.9. The number of rotatable bonds is 9. The zero-order chi connectivity index (χ0) is 26.4. The zero-order valence-corrected chi connectivity index (χ0v) is 21.8. The number of nitrogens with zero attached hydrogens (tertiary/aromatic N) is 5. The lowest BCUT2D eigenvalue weighted by Crippen LogP contribution is -2.03. The molecule has 0 bridgehead atoms. The maximum absolute atomic E-state index is 13.4. The number of halogens is 3. The summed E-state index contributed by atoms with van der Waals surface area (Å²) in [6.45, 7) is 7.52. The number of aliphatic hydroxyl groups is 1. The number of ether oxygens (including phenoxy) is 1. The third-order valence-corrected chi connectivity index (χ3v) is 7.13. The third-order valence-electron chi connectivity index (χ3n) is 4.77. The molecule has 0 spiro atoms. The van der Waals surface area contributed by atoms with E-state index in [0.29, 0.717) is 38.6 Å². The van der Waals surface area contributed by atoms with Crippen molar-refractivity contribution in [3.8, 4) is 23.1 Å². The van der Waals surface area contributed by atoms with Crippen LogP contribution in [0.5, 0.6) is 5.88 Å². The van der Waals surface area contributed by atoms with Gasteiger partial charge in [0.25, 0.3) is 0 Å². The van der Waals surface area contributed by atoms with Crippen LogP contribution in [0.3, 0.4) is 0 Å². The lowest BCUT2D eigenvalue weighted by atomic mass is 10.0.